The molecule has 1 fully saturated rings. The Kier molecular flexibility index (Phi) is 5.45. The molecular weight excluding hydrogens is 176 g/mol. The van der Waals surface area contributed by atoms with Crippen LogP contribution in [-0.4, -0.2) is 43.3 Å². The van der Waals surface area contributed by atoms with Crippen molar-refractivity contribution < 1.29 is 4.74 Å². The van der Waals surface area contributed by atoms with Gasteiger partial charge in [-0.15, -0.1) is 0 Å². The fourth-order valence-electron chi connectivity index (χ4n) is 2.27. The van der Waals surface area contributed by atoms with Crippen molar-refractivity contribution in [1.82, 2.24) is 4.90 Å². The molecule has 1 aliphatic rings. The minimum Gasteiger partial charge on any atom is -0.379 e. The molecule has 3 nitrogen and oxygen atoms in total. The monoisotopic (exact) mass is 200 g/mol. The van der Waals surface area contributed by atoms with Gasteiger partial charge < -0.3 is 10.5 Å². The van der Waals surface area contributed by atoms with Gasteiger partial charge in [0.05, 0.1) is 13.2 Å². The molecule has 2 atom stereocenters. The van der Waals surface area contributed by atoms with E-state index in [2.05, 4.69) is 18.7 Å². The van der Waals surface area contributed by atoms with Crippen LogP contribution in [0.3, 0.4) is 0 Å². The Bertz CT molecular complexity index is 142. The van der Waals surface area contributed by atoms with E-state index in [9.17, 15) is 0 Å². The number of hydrogen-bond acceptors (Lipinski definition) is 3. The maximum Gasteiger partial charge on any atom is 0.0594 e. The first-order valence-electron chi connectivity index (χ1n) is 5.79. The third kappa shape index (κ3) is 3.56. The first-order chi connectivity index (χ1) is 6.75. The van der Waals surface area contributed by atoms with Crippen molar-refractivity contribution in [1.29, 1.82) is 0 Å². The summed E-state index contributed by atoms with van der Waals surface area (Å²) in [5, 5.41) is 0. The van der Waals surface area contributed by atoms with Crippen LogP contribution in [0.25, 0.3) is 0 Å². The minimum absolute atomic E-state index is 0.630. The van der Waals surface area contributed by atoms with Crippen molar-refractivity contribution in [2.75, 3.05) is 26.3 Å². The Morgan fingerprint density at radius 2 is 1.86 bits per heavy atom. The van der Waals surface area contributed by atoms with Gasteiger partial charge >= 0.3 is 0 Å². The summed E-state index contributed by atoms with van der Waals surface area (Å²) in [5.74, 6) is 0. The molecule has 0 bridgehead atoms. The number of nitrogens with zero attached hydrogens (tertiary/aromatic N) is 1. The number of ether oxygens (including phenoxy) is 1. The van der Waals surface area contributed by atoms with Crippen LogP contribution in [0.4, 0.5) is 0 Å². The molecule has 0 aromatic rings. The number of hydrogen-bond donors (Lipinski definition) is 1. The molecule has 1 aliphatic heterocycles. The van der Waals surface area contributed by atoms with Crippen LogP contribution in [0.2, 0.25) is 0 Å². The third-order valence-corrected chi connectivity index (χ3v) is 3.13. The smallest absolute Gasteiger partial charge is 0.0594 e. The molecule has 2 N–H and O–H groups in total. The molecule has 0 saturated carbocycles. The van der Waals surface area contributed by atoms with E-state index in [1.54, 1.807) is 0 Å². The lowest BCUT2D eigenvalue weighted by Crippen LogP contribution is -2.45. The maximum absolute atomic E-state index is 5.42. The van der Waals surface area contributed by atoms with Crippen LogP contribution in [0.15, 0.2) is 0 Å². The second-order valence-electron chi connectivity index (χ2n) is 4.27. The highest BCUT2D eigenvalue weighted by Crippen LogP contribution is 2.21. The zero-order valence-electron chi connectivity index (χ0n) is 9.54. The predicted octanol–water partition coefficient (Wildman–Crippen LogP) is 1.22. The van der Waals surface area contributed by atoms with E-state index < -0.39 is 0 Å². The van der Waals surface area contributed by atoms with Gasteiger partial charge in [-0.3, -0.25) is 4.90 Å². The molecule has 0 radical (unpaired) electrons. The SMILES string of the molecule is CC1CCCC(C)N1CCOCCN. The highest BCUT2D eigenvalue weighted by molar-refractivity contribution is 4.79. The molecule has 1 rings (SSSR count). The number of likely N-dealkylation sites (tertiary alicyclic amines) is 1. The van der Waals surface area contributed by atoms with Gasteiger partial charge in [0.2, 0.25) is 0 Å². The molecular formula is C11H24N2O. The lowest BCUT2D eigenvalue weighted by molar-refractivity contribution is 0.0520. The zero-order valence-corrected chi connectivity index (χ0v) is 9.54. The Morgan fingerprint density at radius 3 is 2.43 bits per heavy atom. The van der Waals surface area contributed by atoms with Crippen LogP contribution >= 0.6 is 0 Å². The van der Waals surface area contributed by atoms with Gasteiger partial charge in [-0.2, -0.15) is 0 Å². The van der Waals surface area contributed by atoms with Gasteiger partial charge in [0.25, 0.3) is 0 Å². The van der Waals surface area contributed by atoms with E-state index >= 15 is 0 Å². The number of nitrogens with two attached hydrogens (primary N) is 1. The molecule has 1 heterocycles. The fourth-order valence-corrected chi connectivity index (χ4v) is 2.27. The topological polar surface area (TPSA) is 38.5 Å². The highest BCUT2D eigenvalue weighted by Gasteiger charge is 2.23. The first kappa shape index (κ1) is 12.0. The number of rotatable bonds is 5. The molecule has 2 unspecified atom stereocenters. The van der Waals surface area contributed by atoms with E-state index in [4.69, 9.17) is 10.5 Å². The van der Waals surface area contributed by atoms with Gasteiger partial charge in [0.1, 0.15) is 0 Å². The van der Waals surface area contributed by atoms with Gasteiger partial charge in [0, 0.05) is 25.2 Å². The Labute approximate surface area is 87.6 Å². The maximum atomic E-state index is 5.42. The number of piperidine rings is 1. The second-order valence-corrected chi connectivity index (χ2v) is 4.27. The largest absolute Gasteiger partial charge is 0.379 e. The van der Waals surface area contributed by atoms with Crippen molar-refractivity contribution in [2.45, 2.75) is 45.2 Å². The van der Waals surface area contributed by atoms with E-state index in [0.29, 0.717) is 13.2 Å². The highest BCUT2D eigenvalue weighted by atomic mass is 16.5. The summed E-state index contributed by atoms with van der Waals surface area (Å²) in [6.45, 7) is 7.84. The summed E-state index contributed by atoms with van der Waals surface area (Å²) in [6, 6.07) is 1.44. The van der Waals surface area contributed by atoms with Crippen molar-refractivity contribution in [3.05, 3.63) is 0 Å². The Morgan fingerprint density at radius 1 is 1.21 bits per heavy atom. The van der Waals surface area contributed by atoms with Crippen molar-refractivity contribution in [3.8, 4) is 0 Å². The molecule has 1 saturated heterocycles. The zero-order chi connectivity index (χ0) is 10.4. The van der Waals surface area contributed by atoms with Crippen LogP contribution in [0, 0.1) is 0 Å². The molecule has 0 amide bonds. The molecule has 84 valence electrons. The fraction of sp³-hybridized carbons (Fsp3) is 1.00. The first-order valence-corrected chi connectivity index (χ1v) is 5.79. The standard InChI is InChI=1S/C11H24N2O/c1-10-4-3-5-11(2)13(10)7-9-14-8-6-12/h10-11H,3-9,12H2,1-2H3. The van der Waals surface area contributed by atoms with E-state index in [0.717, 1.165) is 25.2 Å². The second kappa shape index (κ2) is 6.38. The van der Waals surface area contributed by atoms with Gasteiger partial charge in [-0.25, -0.2) is 0 Å². The molecule has 0 aromatic carbocycles. The van der Waals surface area contributed by atoms with Crippen molar-refractivity contribution >= 4 is 0 Å². The van der Waals surface area contributed by atoms with E-state index in [1.807, 2.05) is 0 Å². The normalized spacial score (nSPS) is 29.4. The summed E-state index contributed by atoms with van der Waals surface area (Å²) in [6.07, 6.45) is 4.05. The molecule has 0 aromatic heterocycles. The summed E-state index contributed by atoms with van der Waals surface area (Å²) < 4.78 is 5.42. The summed E-state index contributed by atoms with van der Waals surface area (Å²) in [4.78, 5) is 2.56. The minimum atomic E-state index is 0.630. The molecule has 3 heteroatoms. The van der Waals surface area contributed by atoms with E-state index in [1.165, 1.54) is 19.3 Å². The third-order valence-electron chi connectivity index (χ3n) is 3.13. The summed E-state index contributed by atoms with van der Waals surface area (Å²) >= 11 is 0. The van der Waals surface area contributed by atoms with Gasteiger partial charge in [-0.05, 0) is 26.7 Å². The molecule has 0 aliphatic carbocycles. The Hall–Kier alpha value is -0.120. The summed E-state index contributed by atoms with van der Waals surface area (Å²) in [7, 11) is 0. The average molecular weight is 200 g/mol. The predicted molar refractivity (Wildman–Crippen MR) is 59.4 cm³/mol. The van der Waals surface area contributed by atoms with Gasteiger partial charge in [-0.1, -0.05) is 6.42 Å². The quantitative estimate of drug-likeness (QED) is 0.678. The van der Waals surface area contributed by atoms with Crippen LogP contribution < -0.4 is 5.73 Å². The summed E-state index contributed by atoms with van der Waals surface area (Å²) in [5.41, 5.74) is 5.36. The van der Waals surface area contributed by atoms with Crippen molar-refractivity contribution in [3.63, 3.8) is 0 Å². The van der Waals surface area contributed by atoms with Crippen LogP contribution in [0.1, 0.15) is 33.1 Å². The van der Waals surface area contributed by atoms with Crippen LogP contribution in [-0.2, 0) is 4.74 Å². The Balaban J connectivity index is 2.19. The van der Waals surface area contributed by atoms with Gasteiger partial charge in [0.15, 0.2) is 0 Å². The van der Waals surface area contributed by atoms with E-state index in [-0.39, 0.29) is 0 Å². The average Bonchev–Trinajstić information content (AvgIpc) is 2.16. The lowest BCUT2D eigenvalue weighted by atomic mass is 9.98. The van der Waals surface area contributed by atoms with Crippen molar-refractivity contribution in [2.24, 2.45) is 5.73 Å². The molecule has 0 spiro atoms. The molecule has 14 heavy (non-hydrogen) atoms. The van der Waals surface area contributed by atoms with Crippen LogP contribution in [0.5, 0.6) is 0 Å². The lowest BCUT2D eigenvalue weighted by Gasteiger charge is -2.38.